The topological polar surface area (TPSA) is 48.5 Å². The molecule has 3 N–H and O–H groups in total. The van der Waals surface area contributed by atoms with Crippen LogP contribution in [-0.2, 0) is 6.42 Å². The van der Waals surface area contributed by atoms with Crippen molar-refractivity contribution in [3.05, 3.63) is 34.9 Å². The summed E-state index contributed by atoms with van der Waals surface area (Å²) in [5, 5.41) is 10.8. The Kier molecular flexibility index (Phi) is 11.6. The molecule has 0 radical (unpaired) electrons. The van der Waals surface area contributed by atoms with Gasteiger partial charge in [0, 0.05) is 30.2 Å². The highest BCUT2D eigenvalue weighted by Gasteiger charge is 2.07. The van der Waals surface area contributed by atoms with Gasteiger partial charge in [-0.15, -0.1) is 24.0 Å². The average molecular weight is 453 g/mol. The number of rotatable bonds is 7. The lowest BCUT2D eigenvalue weighted by Gasteiger charge is -2.20. The van der Waals surface area contributed by atoms with E-state index in [1.165, 1.54) is 5.56 Å². The second-order valence-corrected chi connectivity index (χ2v) is 6.68. The lowest BCUT2D eigenvalue weighted by molar-refractivity contribution is 0.432. The van der Waals surface area contributed by atoms with Crippen LogP contribution >= 0.6 is 35.6 Å². The third-order valence-corrected chi connectivity index (χ3v) is 3.25. The van der Waals surface area contributed by atoms with Gasteiger partial charge in [0.25, 0.3) is 0 Å². The molecule has 0 aliphatic heterocycles. The smallest absolute Gasteiger partial charge is 0.191 e. The van der Waals surface area contributed by atoms with Crippen LogP contribution in [0.25, 0.3) is 0 Å². The third kappa shape index (κ3) is 11.6. The Hall–Kier alpha value is -0.530. The van der Waals surface area contributed by atoms with Crippen LogP contribution in [0.2, 0.25) is 5.02 Å². The molecule has 0 aliphatic carbocycles. The Morgan fingerprint density at radius 3 is 2.30 bits per heavy atom. The van der Waals surface area contributed by atoms with Crippen LogP contribution in [0.15, 0.2) is 29.3 Å². The van der Waals surface area contributed by atoms with Gasteiger partial charge in [0.1, 0.15) is 0 Å². The predicted octanol–water partition coefficient (Wildman–Crippen LogP) is 3.44. The van der Waals surface area contributed by atoms with Crippen LogP contribution in [0, 0.1) is 0 Å². The third-order valence-electron chi connectivity index (χ3n) is 3.00. The van der Waals surface area contributed by atoms with Gasteiger partial charge in [-0.2, -0.15) is 0 Å². The molecule has 1 rings (SSSR count). The number of halogens is 2. The van der Waals surface area contributed by atoms with Crippen molar-refractivity contribution in [3.8, 4) is 0 Å². The molecule has 132 valence electrons. The summed E-state index contributed by atoms with van der Waals surface area (Å²) >= 11 is 5.89. The average Bonchev–Trinajstić information content (AvgIpc) is 2.44. The molecule has 4 nitrogen and oxygen atoms in total. The molecule has 0 saturated heterocycles. The summed E-state index contributed by atoms with van der Waals surface area (Å²) < 4.78 is 0. The Balaban J connectivity index is 0.00000484. The summed E-state index contributed by atoms with van der Waals surface area (Å²) in [5.41, 5.74) is 1.40. The van der Waals surface area contributed by atoms with Crippen molar-refractivity contribution in [2.75, 3.05) is 26.2 Å². The van der Waals surface area contributed by atoms with Crippen molar-refractivity contribution in [1.82, 2.24) is 16.0 Å². The fourth-order valence-electron chi connectivity index (χ4n) is 1.92. The monoisotopic (exact) mass is 452 g/mol. The minimum Gasteiger partial charge on any atom is -0.357 e. The molecule has 0 unspecified atom stereocenters. The quantitative estimate of drug-likeness (QED) is 0.257. The van der Waals surface area contributed by atoms with Crippen molar-refractivity contribution >= 4 is 41.5 Å². The van der Waals surface area contributed by atoms with Crippen molar-refractivity contribution < 1.29 is 0 Å². The molecule has 0 amide bonds. The molecule has 0 saturated carbocycles. The highest BCUT2D eigenvalue weighted by Crippen LogP contribution is 2.09. The molecule has 0 fully saturated rings. The lowest BCUT2D eigenvalue weighted by Crippen LogP contribution is -2.40. The van der Waals surface area contributed by atoms with E-state index in [-0.39, 0.29) is 29.5 Å². The Morgan fingerprint density at radius 2 is 1.74 bits per heavy atom. The largest absolute Gasteiger partial charge is 0.357 e. The standard InChI is InChI=1S/C17H29ClN4.HI/c1-5-19-16(21-12-13-22-17(2,3)4)20-11-10-14-6-8-15(18)9-7-14;/h6-9,22H,5,10-13H2,1-4H3,(H2,19,20,21);1H. The molecule has 1 aromatic rings. The van der Waals surface area contributed by atoms with Gasteiger partial charge in [-0.05, 0) is 51.8 Å². The summed E-state index contributed by atoms with van der Waals surface area (Å²) in [6, 6.07) is 7.96. The van der Waals surface area contributed by atoms with Crippen LogP contribution in [0.1, 0.15) is 33.3 Å². The normalized spacial score (nSPS) is 11.8. The zero-order chi connectivity index (χ0) is 16.4. The summed E-state index contributed by atoms with van der Waals surface area (Å²) in [7, 11) is 0. The number of hydrogen-bond donors (Lipinski definition) is 3. The zero-order valence-corrected chi connectivity index (χ0v) is 17.7. The van der Waals surface area contributed by atoms with Crippen LogP contribution in [0.4, 0.5) is 0 Å². The van der Waals surface area contributed by atoms with Gasteiger partial charge in [0.15, 0.2) is 5.96 Å². The van der Waals surface area contributed by atoms with Gasteiger partial charge < -0.3 is 16.0 Å². The number of guanidine groups is 1. The Morgan fingerprint density at radius 1 is 1.09 bits per heavy atom. The van der Waals surface area contributed by atoms with Crippen molar-refractivity contribution in [3.63, 3.8) is 0 Å². The highest BCUT2D eigenvalue weighted by molar-refractivity contribution is 14.0. The molecule has 0 spiro atoms. The molecule has 6 heteroatoms. The van der Waals surface area contributed by atoms with Crippen molar-refractivity contribution in [2.24, 2.45) is 4.99 Å². The van der Waals surface area contributed by atoms with E-state index in [9.17, 15) is 0 Å². The molecule has 0 heterocycles. The summed E-state index contributed by atoms with van der Waals surface area (Å²) in [6.45, 7) is 11.9. The molecule has 0 aliphatic rings. The van der Waals surface area contributed by atoms with E-state index in [1.54, 1.807) is 0 Å². The number of benzene rings is 1. The molecule has 23 heavy (non-hydrogen) atoms. The predicted molar refractivity (Wildman–Crippen MR) is 112 cm³/mol. The molecule has 0 atom stereocenters. The summed E-state index contributed by atoms with van der Waals surface area (Å²) in [5.74, 6) is 0.868. The van der Waals surface area contributed by atoms with E-state index in [1.807, 2.05) is 12.1 Å². The van der Waals surface area contributed by atoms with Gasteiger partial charge in [0.05, 0.1) is 6.54 Å². The molecular weight excluding hydrogens is 423 g/mol. The van der Waals surface area contributed by atoms with E-state index in [0.717, 1.165) is 43.6 Å². The number of aliphatic imine (C=N–C) groups is 1. The van der Waals surface area contributed by atoms with Crippen LogP contribution in [0.3, 0.4) is 0 Å². The second-order valence-electron chi connectivity index (χ2n) is 6.24. The number of hydrogen-bond acceptors (Lipinski definition) is 2. The first kappa shape index (κ1) is 22.5. The van der Waals surface area contributed by atoms with E-state index >= 15 is 0 Å². The summed E-state index contributed by atoms with van der Waals surface area (Å²) in [4.78, 5) is 4.57. The fraction of sp³-hybridized carbons (Fsp3) is 0.588. The van der Waals surface area contributed by atoms with Gasteiger partial charge in [-0.3, -0.25) is 4.99 Å². The van der Waals surface area contributed by atoms with Crippen LogP contribution < -0.4 is 16.0 Å². The Bertz CT molecular complexity index is 455. The van der Waals surface area contributed by atoms with Crippen LogP contribution in [-0.4, -0.2) is 37.7 Å². The SMILES string of the molecule is CCNC(=NCCNC(C)(C)C)NCCc1ccc(Cl)cc1.I. The van der Waals surface area contributed by atoms with Gasteiger partial charge >= 0.3 is 0 Å². The van der Waals surface area contributed by atoms with Crippen molar-refractivity contribution in [1.29, 1.82) is 0 Å². The first-order valence-electron chi connectivity index (χ1n) is 7.92. The van der Waals surface area contributed by atoms with Crippen LogP contribution in [0.5, 0.6) is 0 Å². The van der Waals surface area contributed by atoms with Gasteiger partial charge in [0.2, 0.25) is 0 Å². The fourth-order valence-corrected chi connectivity index (χ4v) is 2.04. The second kappa shape index (κ2) is 11.9. The first-order valence-corrected chi connectivity index (χ1v) is 8.30. The maximum Gasteiger partial charge on any atom is 0.191 e. The Labute approximate surface area is 162 Å². The lowest BCUT2D eigenvalue weighted by atomic mass is 10.1. The summed E-state index contributed by atoms with van der Waals surface area (Å²) in [6.07, 6.45) is 0.946. The van der Waals surface area contributed by atoms with Gasteiger partial charge in [-0.1, -0.05) is 23.7 Å². The number of nitrogens with one attached hydrogen (secondary N) is 3. The zero-order valence-electron chi connectivity index (χ0n) is 14.6. The van der Waals surface area contributed by atoms with Gasteiger partial charge in [-0.25, -0.2) is 0 Å². The van der Waals surface area contributed by atoms with E-state index in [0.29, 0.717) is 0 Å². The van der Waals surface area contributed by atoms with E-state index < -0.39 is 0 Å². The van der Waals surface area contributed by atoms with E-state index in [2.05, 4.69) is 60.8 Å². The maximum absolute atomic E-state index is 5.89. The van der Waals surface area contributed by atoms with Crippen molar-refractivity contribution in [2.45, 2.75) is 39.7 Å². The van der Waals surface area contributed by atoms with E-state index in [4.69, 9.17) is 11.6 Å². The molecular formula is C17H30ClIN4. The first-order chi connectivity index (χ1) is 10.4. The molecule has 1 aromatic carbocycles. The highest BCUT2D eigenvalue weighted by atomic mass is 127. The maximum atomic E-state index is 5.89. The minimum atomic E-state index is 0. The minimum absolute atomic E-state index is 0. The molecule has 0 bridgehead atoms. The number of nitrogens with zero attached hydrogens (tertiary/aromatic N) is 1. The molecule has 0 aromatic heterocycles.